The maximum absolute atomic E-state index is 13.1. The predicted octanol–water partition coefficient (Wildman–Crippen LogP) is -0.206. The van der Waals surface area contributed by atoms with Gasteiger partial charge in [0.15, 0.2) is 9.84 Å². The lowest BCUT2D eigenvalue weighted by molar-refractivity contribution is -0.184. The van der Waals surface area contributed by atoms with Gasteiger partial charge < -0.3 is 10.6 Å². The van der Waals surface area contributed by atoms with Crippen LogP contribution in [-0.2, 0) is 14.6 Å². The first-order valence-electron chi connectivity index (χ1n) is 6.51. The molecule has 0 aromatic rings. The van der Waals surface area contributed by atoms with E-state index in [9.17, 15) is 26.4 Å². The van der Waals surface area contributed by atoms with Crippen LogP contribution in [0, 0.1) is 0 Å². The van der Waals surface area contributed by atoms with Gasteiger partial charge in [-0.05, 0) is 6.92 Å². The van der Waals surface area contributed by atoms with Gasteiger partial charge in [-0.15, -0.1) is 12.4 Å². The summed E-state index contributed by atoms with van der Waals surface area (Å²) >= 11 is 0. The van der Waals surface area contributed by atoms with Crippen molar-refractivity contribution in [1.29, 1.82) is 0 Å². The molecule has 1 aliphatic heterocycles. The van der Waals surface area contributed by atoms with Crippen LogP contribution in [0.1, 0.15) is 6.92 Å². The fraction of sp³-hybridized carbons (Fsp3) is 0.909. The van der Waals surface area contributed by atoms with Crippen molar-refractivity contribution in [2.45, 2.75) is 24.4 Å². The highest BCUT2D eigenvalue weighted by molar-refractivity contribution is 7.92. The van der Waals surface area contributed by atoms with Crippen LogP contribution in [0.3, 0.4) is 0 Å². The minimum absolute atomic E-state index is 0. The molecule has 2 N–H and O–H groups in total. The first-order valence-corrected chi connectivity index (χ1v) is 8.47. The molecule has 1 heterocycles. The molecule has 11 heteroatoms. The Labute approximate surface area is 134 Å². The number of alkyl halides is 3. The summed E-state index contributed by atoms with van der Waals surface area (Å²) in [6.07, 6.45) is -3.62. The summed E-state index contributed by atoms with van der Waals surface area (Å²) in [6.45, 7) is 1.84. The molecule has 1 aliphatic rings. The van der Waals surface area contributed by atoms with Gasteiger partial charge in [0.2, 0.25) is 5.91 Å². The molecule has 1 amide bonds. The van der Waals surface area contributed by atoms with Gasteiger partial charge in [0.25, 0.3) is 0 Å². The summed E-state index contributed by atoms with van der Waals surface area (Å²) in [7, 11) is -3.63. The topological polar surface area (TPSA) is 78.5 Å². The second-order valence-corrected chi connectivity index (χ2v) is 7.43. The Balaban J connectivity index is 0.00000441. The number of hydrogen-bond acceptors (Lipinski definition) is 5. The largest absolute Gasteiger partial charge is 0.405 e. The molecule has 1 rings (SSSR count). The minimum Gasteiger partial charge on any atom is -0.353 e. The quantitative estimate of drug-likeness (QED) is 0.703. The zero-order valence-electron chi connectivity index (χ0n) is 12.3. The number of nitrogens with one attached hydrogen (secondary N) is 2. The Morgan fingerprint density at radius 2 is 1.82 bits per heavy atom. The Morgan fingerprint density at radius 1 is 1.32 bits per heavy atom. The molecular formula is C11H21ClF3N3O3S. The first kappa shape index (κ1) is 21.4. The molecule has 22 heavy (non-hydrogen) atoms. The second kappa shape index (κ2) is 8.32. The summed E-state index contributed by atoms with van der Waals surface area (Å²) in [5.74, 6) is -0.915. The van der Waals surface area contributed by atoms with E-state index in [1.165, 1.54) is 4.90 Å². The standard InChI is InChI=1S/C11H20F3N3O3S.ClH/c1-8(21(2,19)20)10(18)16-7-9(11(12,13)14)17-5-3-15-4-6-17;/h8-9,15H,3-7H2,1-2H3,(H,16,18);1H. The molecule has 0 spiro atoms. The van der Waals surface area contributed by atoms with Gasteiger partial charge in [-0.3, -0.25) is 9.69 Å². The van der Waals surface area contributed by atoms with Gasteiger partial charge >= 0.3 is 6.18 Å². The highest BCUT2D eigenvalue weighted by Crippen LogP contribution is 2.24. The van der Waals surface area contributed by atoms with Crippen LogP contribution >= 0.6 is 12.4 Å². The molecule has 0 aromatic carbocycles. The highest BCUT2D eigenvalue weighted by Gasteiger charge is 2.44. The Kier molecular flexibility index (Phi) is 8.10. The third kappa shape index (κ3) is 6.27. The second-order valence-electron chi connectivity index (χ2n) is 5.06. The van der Waals surface area contributed by atoms with Crippen molar-refractivity contribution < 1.29 is 26.4 Å². The van der Waals surface area contributed by atoms with Crippen LogP contribution < -0.4 is 10.6 Å². The van der Waals surface area contributed by atoms with Gasteiger partial charge in [-0.1, -0.05) is 0 Å². The molecule has 0 saturated carbocycles. The summed E-state index contributed by atoms with van der Waals surface area (Å²) in [6, 6.07) is -1.81. The van der Waals surface area contributed by atoms with Gasteiger partial charge in [-0.25, -0.2) is 8.42 Å². The van der Waals surface area contributed by atoms with E-state index in [1.54, 1.807) is 0 Å². The molecule has 0 aromatic heterocycles. The molecule has 0 radical (unpaired) electrons. The van der Waals surface area contributed by atoms with Crippen molar-refractivity contribution in [3.63, 3.8) is 0 Å². The fourth-order valence-corrected chi connectivity index (χ4v) is 2.45. The van der Waals surface area contributed by atoms with Crippen molar-refractivity contribution in [2.24, 2.45) is 0 Å². The first-order chi connectivity index (χ1) is 9.53. The van der Waals surface area contributed by atoms with Crippen molar-refractivity contribution in [3.8, 4) is 0 Å². The van der Waals surface area contributed by atoms with Crippen LogP contribution in [0.2, 0.25) is 0 Å². The van der Waals surface area contributed by atoms with Crippen molar-refractivity contribution >= 4 is 28.2 Å². The van der Waals surface area contributed by atoms with Crippen molar-refractivity contribution in [2.75, 3.05) is 39.0 Å². The molecule has 1 saturated heterocycles. The molecule has 0 bridgehead atoms. The lowest BCUT2D eigenvalue weighted by Gasteiger charge is -2.36. The molecule has 2 unspecified atom stereocenters. The summed E-state index contributed by atoms with van der Waals surface area (Å²) in [5.41, 5.74) is 0. The molecule has 6 nitrogen and oxygen atoms in total. The average Bonchev–Trinajstić information content (AvgIpc) is 2.36. The number of piperazine rings is 1. The number of nitrogens with zero attached hydrogens (tertiary/aromatic N) is 1. The van der Waals surface area contributed by atoms with E-state index in [0.717, 1.165) is 13.2 Å². The van der Waals surface area contributed by atoms with Gasteiger partial charge in [0.05, 0.1) is 0 Å². The van der Waals surface area contributed by atoms with Gasteiger partial charge in [-0.2, -0.15) is 13.2 Å². The third-order valence-electron chi connectivity index (χ3n) is 3.45. The molecule has 2 atom stereocenters. The van der Waals surface area contributed by atoms with E-state index >= 15 is 0 Å². The van der Waals surface area contributed by atoms with E-state index in [1.807, 2.05) is 0 Å². The number of carbonyl (C=O) groups is 1. The van der Waals surface area contributed by atoms with Crippen LogP contribution in [0.15, 0.2) is 0 Å². The van der Waals surface area contributed by atoms with Gasteiger partial charge in [0.1, 0.15) is 11.3 Å². The third-order valence-corrected chi connectivity index (χ3v) is 4.95. The number of hydrogen-bond donors (Lipinski definition) is 2. The SMILES string of the molecule is CC(C(=O)NCC(N1CCNCC1)C(F)(F)F)S(C)(=O)=O.Cl. The number of amides is 1. The van der Waals surface area contributed by atoms with E-state index in [2.05, 4.69) is 10.6 Å². The normalized spacial score (nSPS) is 19.9. The molecule has 1 fully saturated rings. The van der Waals surface area contributed by atoms with E-state index in [-0.39, 0.29) is 25.5 Å². The van der Waals surface area contributed by atoms with E-state index in [0.29, 0.717) is 13.1 Å². The van der Waals surface area contributed by atoms with Crippen molar-refractivity contribution in [1.82, 2.24) is 15.5 Å². The average molecular weight is 368 g/mol. The van der Waals surface area contributed by atoms with Crippen LogP contribution in [-0.4, -0.2) is 75.7 Å². The Morgan fingerprint density at radius 3 is 2.23 bits per heavy atom. The van der Waals surface area contributed by atoms with E-state index < -0.39 is 39.8 Å². The molecule has 132 valence electrons. The fourth-order valence-electron chi connectivity index (χ4n) is 1.98. The monoisotopic (exact) mass is 367 g/mol. The molecule has 0 aliphatic carbocycles. The van der Waals surface area contributed by atoms with Crippen LogP contribution in [0.4, 0.5) is 13.2 Å². The van der Waals surface area contributed by atoms with Gasteiger partial charge in [0, 0.05) is 39.0 Å². The summed E-state index contributed by atoms with van der Waals surface area (Å²) in [4.78, 5) is 12.9. The number of halogens is 4. The number of carbonyl (C=O) groups excluding carboxylic acids is 1. The Hall–Kier alpha value is -0.580. The minimum atomic E-state index is -4.49. The Bertz CT molecular complexity index is 467. The zero-order valence-corrected chi connectivity index (χ0v) is 13.9. The van der Waals surface area contributed by atoms with Crippen LogP contribution in [0.5, 0.6) is 0 Å². The van der Waals surface area contributed by atoms with Crippen LogP contribution in [0.25, 0.3) is 0 Å². The predicted molar refractivity (Wildman–Crippen MR) is 78.8 cm³/mol. The maximum atomic E-state index is 13.1. The maximum Gasteiger partial charge on any atom is 0.405 e. The number of rotatable bonds is 5. The summed E-state index contributed by atoms with van der Waals surface area (Å²) in [5, 5.41) is 3.67. The van der Waals surface area contributed by atoms with E-state index in [4.69, 9.17) is 0 Å². The number of sulfone groups is 1. The zero-order chi connectivity index (χ0) is 16.3. The lowest BCUT2D eigenvalue weighted by Crippen LogP contribution is -2.58. The molecular weight excluding hydrogens is 347 g/mol. The summed E-state index contributed by atoms with van der Waals surface area (Å²) < 4.78 is 61.6. The smallest absolute Gasteiger partial charge is 0.353 e. The highest BCUT2D eigenvalue weighted by atomic mass is 35.5. The lowest BCUT2D eigenvalue weighted by atomic mass is 10.2. The van der Waals surface area contributed by atoms with Crippen molar-refractivity contribution in [3.05, 3.63) is 0 Å².